The lowest BCUT2D eigenvalue weighted by Gasteiger charge is -2.33. The topological polar surface area (TPSA) is 116 Å². The quantitative estimate of drug-likeness (QED) is 0.479. The molecule has 2 saturated heterocycles. The van der Waals surface area contributed by atoms with Gasteiger partial charge in [-0.2, -0.15) is 4.31 Å². The van der Waals surface area contributed by atoms with Gasteiger partial charge in [0, 0.05) is 37.6 Å². The Balaban J connectivity index is 1.36. The van der Waals surface area contributed by atoms with Gasteiger partial charge in [-0.1, -0.05) is 30.3 Å². The summed E-state index contributed by atoms with van der Waals surface area (Å²) in [6.07, 6.45) is 3.38. The van der Waals surface area contributed by atoms with Crippen molar-refractivity contribution in [3.05, 3.63) is 60.4 Å². The Kier molecular flexibility index (Phi) is 4.42. The van der Waals surface area contributed by atoms with E-state index in [1.807, 2.05) is 35.2 Å². The molecule has 3 heterocycles. The second kappa shape index (κ2) is 7.01. The SMILES string of the molecule is O=C(NO)c1cnc(N2C[C@H]3C[C@@H]2CN3S(=O)(=O)c2ccc3ccccc3c2)nc1. The van der Waals surface area contributed by atoms with E-state index in [2.05, 4.69) is 9.97 Å². The van der Waals surface area contributed by atoms with E-state index in [-0.39, 0.29) is 17.6 Å². The molecular formula is C20H19N5O4S. The van der Waals surface area contributed by atoms with Crippen LogP contribution in [0.5, 0.6) is 0 Å². The zero-order valence-corrected chi connectivity index (χ0v) is 16.7. The van der Waals surface area contributed by atoms with Gasteiger partial charge in [0.25, 0.3) is 5.91 Å². The standard InChI is InChI=1S/C20H19N5O4S/c26-19(23-27)15-9-21-20(22-10-15)24-11-17-8-16(24)12-25(17)30(28,29)18-6-5-13-3-1-2-4-14(13)7-18/h1-7,9-10,16-17,27H,8,11-12H2,(H,23,26)/t16-,17-/m1/s1. The zero-order chi connectivity index (χ0) is 20.9. The van der Waals surface area contributed by atoms with E-state index >= 15 is 0 Å². The average molecular weight is 425 g/mol. The Bertz CT molecular complexity index is 1230. The molecule has 0 saturated carbocycles. The molecule has 2 aliphatic rings. The van der Waals surface area contributed by atoms with E-state index in [4.69, 9.17) is 5.21 Å². The molecule has 2 N–H and O–H groups in total. The van der Waals surface area contributed by atoms with E-state index in [0.717, 1.165) is 10.8 Å². The summed E-state index contributed by atoms with van der Waals surface area (Å²) in [6.45, 7) is 0.852. The van der Waals surface area contributed by atoms with Crippen LogP contribution in [-0.2, 0) is 10.0 Å². The first-order chi connectivity index (χ1) is 14.5. The van der Waals surface area contributed by atoms with Crippen LogP contribution >= 0.6 is 0 Å². The van der Waals surface area contributed by atoms with Crippen molar-refractivity contribution in [2.75, 3.05) is 18.0 Å². The third kappa shape index (κ3) is 3.00. The third-order valence-electron chi connectivity index (χ3n) is 5.78. The first-order valence-electron chi connectivity index (χ1n) is 9.51. The first-order valence-corrected chi connectivity index (χ1v) is 10.9. The van der Waals surface area contributed by atoms with Crippen molar-refractivity contribution >= 4 is 32.7 Å². The smallest absolute Gasteiger partial charge is 0.277 e. The number of benzene rings is 2. The molecule has 9 nitrogen and oxygen atoms in total. The van der Waals surface area contributed by atoms with Crippen LogP contribution < -0.4 is 10.4 Å². The van der Waals surface area contributed by atoms with Gasteiger partial charge in [-0.05, 0) is 29.3 Å². The number of anilines is 1. The molecular weight excluding hydrogens is 406 g/mol. The van der Waals surface area contributed by atoms with Gasteiger partial charge in [-0.25, -0.2) is 23.9 Å². The summed E-state index contributed by atoms with van der Waals surface area (Å²) in [5, 5.41) is 10.6. The molecule has 2 aromatic carbocycles. The number of amides is 1. The van der Waals surface area contributed by atoms with Crippen LogP contribution in [0.25, 0.3) is 10.8 Å². The number of carbonyl (C=O) groups excluding carboxylic acids is 1. The van der Waals surface area contributed by atoms with Gasteiger partial charge < -0.3 is 4.90 Å². The largest absolute Gasteiger partial charge is 0.335 e. The van der Waals surface area contributed by atoms with Crippen molar-refractivity contribution in [3.63, 3.8) is 0 Å². The number of hydrogen-bond acceptors (Lipinski definition) is 7. The molecule has 2 aliphatic heterocycles. The highest BCUT2D eigenvalue weighted by Gasteiger charge is 2.49. The number of nitrogens with zero attached hydrogens (tertiary/aromatic N) is 4. The lowest BCUT2D eigenvalue weighted by atomic mass is 10.1. The molecule has 0 radical (unpaired) electrons. The maximum absolute atomic E-state index is 13.3. The summed E-state index contributed by atoms with van der Waals surface area (Å²) >= 11 is 0. The second-order valence-electron chi connectivity index (χ2n) is 7.49. The van der Waals surface area contributed by atoms with E-state index in [9.17, 15) is 13.2 Å². The Morgan fingerprint density at radius 2 is 1.77 bits per heavy atom. The number of hydrogen-bond donors (Lipinski definition) is 2. The van der Waals surface area contributed by atoms with E-state index in [1.165, 1.54) is 12.4 Å². The molecule has 5 rings (SSSR count). The number of rotatable bonds is 4. The van der Waals surface area contributed by atoms with Gasteiger partial charge in [0.05, 0.1) is 10.5 Å². The normalized spacial score (nSPS) is 21.3. The molecule has 30 heavy (non-hydrogen) atoms. The third-order valence-corrected chi connectivity index (χ3v) is 7.69. The maximum Gasteiger partial charge on any atom is 0.277 e. The van der Waals surface area contributed by atoms with Crippen LogP contribution in [0.15, 0.2) is 59.8 Å². The molecule has 2 atom stereocenters. The molecule has 3 aromatic rings. The molecule has 10 heteroatoms. The number of sulfonamides is 1. The van der Waals surface area contributed by atoms with Crippen molar-refractivity contribution in [1.82, 2.24) is 19.8 Å². The van der Waals surface area contributed by atoms with Crippen molar-refractivity contribution in [3.8, 4) is 0 Å². The van der Waals surface area contributed by atoms with Crippen molar-refractivity contribution in [2.24, 2.45) is 0 Å². The summed E-state index contributed by atoms with van der Waals surface area (Å²) in [5.41, 5.74) is 1.68. The van der Waals surface area contributed by atoms with E-state index < -0.39 is 15.9 Å². The highest BCUT2D eigenvalue weighted by molar-refractivity contribution is 7.89. The van der Waals surface area contributed by atoms with Crippen LogP contribution in [0.4, 0.5) is 5.95 Å². The second-order valence-corrected chi connectivity index (χ2v) is 9.38. The predicted octanol–water partition coefficient (Wildman–Crippen LogP) is 1.40. The number of fused-ring (bicyclic) bond motifs is 3. The summed E-state index contributed by atoms with van der Waals surface area (Å²) in [4.78, 5) is 22.1. The molecule has 0 aliphatic carbocycles. The van der Waals surface area contributed by atoms with Crippen molar-refractivity contribution in [1.29, 1.82) is 0 Å². The van der Waals surface area contributed by atoms with Crippen LogP contribution in [0.3, 0.4) is 0 Å². The Morgan fingerprint density at radius 1 is 1.03 bits per heavy atom. The van der Waals surface area contributed by atoms with Gasteiger partial charge in [-0.3, -0.25) is 10.0 Å². The molecule has 0 unspecified atom stereocenters. The molecule has 1 amide bonds. The predicted molar refractivity (Wildman–Crippen MR) is 109 cm³/mol. The molecule has 0 spiro atoms. The summed E-state index contributed by atoms with van der Waals surface area (Å²) < 4.78 is 28.1. The Labute approximate surface area is 173 Å². The monoisotopic (exact) mass is 425 g/mol. The number of nitrogens with one attached hydrogen (secondary N) is 1. The van der Waals surface area contributed by atoms with Gasteiger partial charge in [-0.15, -0.1) is 0 Å². The van der Waals surface area contributed by atoms with Crippen LogP contribution in [0.2, 0.25) is 0 Å². The average Bonchev–Trinajstić information content (AvgIpc) is 3.40. The van der Waals surface area contributed by atoms with E-state index in [0.29, 0.717) is 30.4 Å². The molecule has 154 valence electrons. The molecule has 2 fully saturated rings. The van der Waals surface area contributed by atoms with Crippen molar-refractivity contribution in [2.45, 2.75) is 23.4 Å². The fourth-order valence-corrected chi connectivity index (χ4v) is 5.98. The minimum absolute atomic E-state index is 0.0252. The molecule has 2 bridgehead atoms. The fourth-order valence-electron chi connectivity index (χ4n) is 4.28. The minimum Gasteiger partial charge on any atom is -0.335 e. The number of aromatic nitrogens is 2. The van der Waals surface area contributed by atoms with Crippen LogP contribution in [0.1, 0.15) is 16.8 Å². The Morgan fingerprint density at radius 3 is 2.43 bits per heavy atom. The number of hydroxylamine groups is 1. The number of piperazine rings is 1. The van der Waals surface area contributed by atoms with E-state index in [1.54, 1.807) is 21.9 Å². The highest BCUT2D eigenvalue weighted by atomic mass is 32.2. The first kappa shape index (κ1) is 18.9. The summed E-state index contributed by atoms with van der Waals surface area (Å²) in [7, 11) is -3.60. The van der Waals surface area contributed by atoms with Crippen LogP contribution in [-0.4, -0.2) is 59.0 Å². The van der Waals surface area contributed by atoms with Crippen LogP contribution in [0, 0.1) is 0 Å². The lowest BCUT2D eigenvalue weighted by molar-refractivity contribution is 0.0705. The van der Waals surface area contributed by atoms with Gasteiger partial charge in [0.1, 0.15) is 0 Å². The zero-order valence-electron chi connectivity index (χ0n) is 15.8. The molecule has 1 aromatic heterocycles. The lowest BCUT2D eigenvalue weighted by Crippen LogP contribution is -2.49. The Hall–Kier alpha value is -3.08. The highest BCUT2D eigenvalue weighted by Crippen LogP contribution is 2.36. The summed E-state index contributed by atoms with van der Waals surface area (Å²) in [5.74, 6) is -0.239. The van der Waals surface area contributed by atoms with Crippen molar-refractivity contribution < 1.29 is 18.4 Å². The number of carbonyl (C=O) groups is 1. The van der Waals surface area contributed by atoms with Gasteiger partial charge >= 0.3 is 0 Å². The van der Waals surface area contributed by atoms with Gasteiger partial charge in [0.15, 0.2) is 0 Å². The van der Waals surface area contributed by atoms with Gasteiger partial charge in [0.2, 0.25) is 16.0 Å². The minimum atomic E-state index is -3.60. The maximum atomic E-state index is 13.3. The fraction of sp³-hybridized carbons (Fsp3) is 0.250. The summed E-state index contributed by atoms with van der Waals surface area (Å²) in [6, 6.07) is 12.7.